The van der Waals surface area contributed by atoms with Crippen molar-refractivity contribution in [2.45, 2.75) is 17.4 Å². The van der Waals surface area contributed by atoms with E-state index >= 15 is 0 Å². The molecule has 2 atom stereocenters. The molecule has 1 N–H and O–H groups in total. The van der Waals surface area contributed by atoms with Crippen molar-refractivity contribution in [2.24, 2.45) is 0 Å². The van der Waals surface area contributed by atoms with Gasteiger partial charge >= 0.3 is 5.97 Å². The van der Waals surface area contributed by atoms with Crippen molar-refractivity contribution in [1.29, 1.82) is 0 Å². The van der Waals surface area contributed by atoms with E-state index in [0.29, 0.717) is 11.0 Å². The van der Waals surface area contributed by atoms with Gasteiger partial charge in [0.15, 0.2) is 0 Å². The molecule has 0 saturated carbocycles. The third-order valence-corrected chi connectivity index (χ3v) is 4.97. The standard InChI is InChI=1S/C18H17F2NO4S/c1-25-18(23)16(9-10-26(24)13-5-3-2-4-6-13)21-17(22)14-8-7-12(19)11-15(14)20/h2-8,11,16H,9-10H2,1H3,(H,21,22)/t16-,26-/m1/s1. The molecule has 0 bridgehead atoms. The van der Waals surface area contributed by atoms with Gasteiger partial charge in [0.1, 0.15) is 17.7 Å². The third-order valence-electron chi connectivity index (χ3n) is 3.56. The van der Waals surface area contributed by atoms with Gasteiger partial charge in [0, 0.05) is 16.7 Å². The summed E-state index contributed by atoms with van der Waals surface area (Å²) in [6, 6.07) is 10.0. The number of amides is 1. The number of nitrogens with one attached hydrogen (secondary N) is 1. The van der Waals surface area contributed by atoms with Gasteiger partial charge in [0.25, 0.3) is 5.91 Å². The molecule has 0 heterocycles. The molecule has 8 heteroatoms. The Bertz CT molecular complexity index is 814. The molecule has 0 aliphatic heterocycles. The lowest BCUT2D eigenvalue weighted by molar-refractivity contribution is -0.142. The number of hydrogen-bond acceptors (Lipinski definition) is 4. The summed E-state index contributed by atoms with van der Waals surface area (Å²) in [6.45, 7) is 0. The molecule has 2 rings (SSSR count). The Morgan fingerprint density at radius 3 is 2.46 bits per heavy atom. The molecule has 26 heavy (non-hydrogen) atoms. The van der Waals surface area contributed by atoms with E-state index in [1.54, 1.807) is 30.3 Å². The van der Waals surface area contributed by atoms with Gasteiger partial charge in [-0.05, 0) is 30.7 Å². The first-order valence-corrected chi connectivity index (χ1v) is 9.01. The second kappa shape index (κ2) is 9.19. The van der Waals surface area contributed by atoms with Gasteiger partial charge in [-0.15, -0.1) is 0 Å². The van der Waals surface area contributed by atoms with Crippen LogP contribution in [0, 0.1) is 11.6 Å². The van der Waals surface area contributed by atoms with Crippen molar-refractivity contribution in [2.75, 3.05) is 12.9 Å². The number of methoxy groups -OCH3 is 1. The quantitative estimate of drug-likeness (QED) is 0.748. The van der Waals surface area contributed by atoms with Crippen LogP contribution in [0.2, 0.25) is 0 Å². The fourth-order valence-corrected chi connectivity index (χ4v) is 3.36. The van der Waals surface area contributed by atoms with E-state index in [4.69, 9.17) is 0 Å². The van der Waals surface area contributed by atoms with E-state index in [1.165, 1.54) is 0 Å². The summed E-state index contributed by atoms with van der Waals surface area (Å²) >= 11 is 0. The lowest BCUT2D eigenvalue weighted by Crippen LogP contribution is -2.42. The molecule has 0 unspecified atom stereocenters. The van der Waals surface area contributed by atoms with E-state index in [2.05, 4.69) is 10.1 Å². The second-order valence-electron chi connectivity index (χ2n) is 5.32. The van der Waals surface area contributed by atoms with Crippen molar-refractivity contribution in [3.8, 4) is 0 Å². The van der Waals surface area contributed by atoms with E-state index < -0.39 is 45.9 Å². The van der Waals surface area contributed by atoms with Gasteiger partial charge in [0.2, 0.25) is 0 Å². The zero-order chi connectivity index (χ0) is 19.1. The Balaban J connectivity index is 2.06. The number of halogens is 2. The van der Waals surface area contributed by atoms with E-state index in [-0.39, 0.29) is 12.2 Å². The van der Waals surface area contributed by atoms with Crippen LogP contribution in [0.5, 0.6) is 0 Å². The summed E-state index contributed by atoms with van der Waals surface area (Å²) in [4.78, 5) is 24.6. The zero-order valence-corrected chi connectivity index (χ0v) is 14.7. The molecule has 0 saturated heterocycles. The van der Waals surface area contributed by atoms with Crippen molar-refractivity contribution in [1.82, 2.24) is 5.32 Å². The van der Waals surface area contributed by atoms with Crippen LogP contribution >= 0.6 is 0 Å². The van der Waals surface area contributed by atoms with Gasteiger partial charge in [-0.2, -0.15) is 0 Å². The fraction of sp³-hybridized carbons (Fsp3) is 0.222. The van der Waals surface area contributed by atoms with Crippen molar-refractivity contribution < 1.29 is 27.3 Å². The molecule has 0 aromatic heterocycles. The van der Waals surface area contributed by atoms with Crippen molar-refractivity contribution in [3.05, 3.63) is 65.7 Å². The second-order valence-corrected chi connectivity index (χ2v) is 6.90. The van der Waals surface area contributed by atoms with Crippen LogP contribution in [0.15, 0.2) is 53.4 Å². The number of rotatable bonds is 7. The summed E-state index contributed by atoms with van der Waals surface area (Å²) in [6.07, 6.45) is 0.0305. The van der Waals surface area contributed by atoms with Gasteiger partial charge in [0.05, 0.1) is 23.5 Å². The molecule has 138 valence electrons. The van der Waals surface area contributed by atoms with Crippen molar-refractivity contribution in [3.63, 3.8) is 0 Å². The summed E-state index contributed by atoms with van der Waals surface area (Å²) < 4.78 is 43.5. The van der Waals surface area contributed by atoms with Crippen LogP contribution in [0.1, 0.15) is 16.8 Å². The highest BCUT2D eigenvalue weighted by molar-refractivity contribution is 7.85. The Kier molecular flexibility index (Phi) is 6.97. The first-order chi connectivity index (χ1) is 12.4. The molecule has 1 amide bonds. The van der Waals surface area contributed by atoms with E-state index in [9.17, 15) is 22.6 Å². The predicted molar refractivity (Wildman–Crippen MR) is 92.0 cm³/mol. The first-order valence-electron chi connectivity index (χ1n) is 7.69. The van der Waals surface area contributed by atoms with Crippen LogP contribution in [-0.2, 0) is 20.3 Å². The minimum absolute atomic E-state index is 0.0305. The topological polar surface area (TPSA) is 72.5 Å². The molecule has 0 aliphatic carbocycles. The minimum Gasteiger partial charge on any atom is -0.467 e. The van der Waals surface area contributed by atoms with Crippen LogP contribution in [0.3, 0.4) is 0 Å². The number of ether oxygens (including phenoxy) is 1. The Labute approximate surface area is 151 Å². The van der Waals surface area contributed by atoms with Gasteiger partial charge in [-0.1, -0.05) is 18.2 Å². The summed E-state index contributed by atoms with van der Waals surface area (Å²) in [5, 5.41) is 2.34. The average molecular weight is 381 g/mol. The Hall–Kier alpha value is -2.61. The molecule has 2 aromatic carbocycles. The largest absolute Gasteiger partial charge is 0.467 e. The maximum absolute atomic E-state index is 13.7. The highest BCUT2D eigenvalue weighted by Crippen LogP contribution is 2.12. The van der Waals surface area contributed by atoms with E-state index in [1.807, 2.05) is 0 Å². The molecule has 5 nitrogen and oxygen atoms in total. The molecule has 2 aromatic rings. The fourth-order valence-electron chi connectivity index (χ4n) is 2.22. The molecular formula is C18H17F2NO4S. The lowest BCUT2D eigenvalue weighted by atomic mass is 10.1. The van der Waals surface area contributed by atoms with E-state index in [0.717, 1.165) is 19.2 Å². The Morgan fingerprint density at radius 2 is 1.85 bits per heavy atom. The highest BCUT2D eigenvalue weighted by atomic mass is 32.2. The first kappa shape index (κ1) is 19.7. The SMILES string of the molecule is COC(=O)[C@@H](CC[S@@](=O)c1ccccc1)NC(=O)c1ccc(F)cc1F. The van der Waals surface area contributed by atoms with Gasteiger partial charge in [-0.3, -0.25) is 9.00 Å². The third kappa shape index (κ3) is 5.19. The Morgan fingerprint density at radius 1 is 1.15 bits per heavy atom. The van der Waals surface area contributed by atoms with Crippen LogP contribution in [0.4, 0.5) is 8.78 Å². The number of hydrogen-bond donors (Lipinski definition) is 1. The molecular weight excluding hydrogens is 364 g/mol. The predicted octanol–water partition coefficient (Wildman–Crippen LogP) is 2.43. The van der Waals surface area contributed by atoms with Crippen LogP contribution < -0.4 is 5.32 Å². The highest BCUT2D eigenvalue weighted by Gasteiger charge is 2.24. The van der Waals surface area contributed by atoms with Crippen LogP contribution in [-0.4, -0.2) is 35.0 Å². The molecule has 0 spiro atoms. The number of carbonyl (C=O) groups is 2. The molecule has 0 fully saturated rings. The minimum atomic E-state index is -1.37. The average Bonchev–Trinajstić information content (AvgIpc) is 2.64. The number of benzene rings is 2. The monoisotopic (exact) mass is 381 g/mol. The maximum Gasteiger partial charge on any atom is 0.328 e. The lowest BCUT2D eigenvalue weighted by Gasteiger charge is -2.16. The normalized spacial score (nSPS) is 12.9. The van der Waals surface area contributed by atoms with Gasteiger partial charge in [-0.25, -0.2) is 13.6 Å². The van der Waals surface area contributed by atoms with Crippen molar-refractivity contribution >= 4 is 22.7 Å². The molecule has 0 radical (unpaired) electrons. The summed E-state index contributed by atoms with van der Waals surface area (Å²) in [5.74, 6) is -3.40. The van der Waals surface area contributed by atoms with Gasteiger partial charge < -0.3 is 10.1 Å². The summed E-state index contributed by atoms with van der Waals surface area (Å²) in [7, 11) is -0.225. The summed E-state index contributed by atoms with van der Waals surface area (Å²) in [5.41, 5.74) is -0.399. The zero-order valence-electron chi connectivity index (χ0n) is 13.9. The number of carbonyl (C=O) groups excluding carboxylic acids is 2. The maximum atomic E-state index is 13.7. The van der Waals surface area contributed by atoms with Crippen LogP contribution in [0.25, 0.3) is 0 Å². The smallest absolute Gasteiger partial charge is 0.328 e. The molecule has 0 aliphatic rings. The number of esters is 1.